The van der Waals surface area contributed by atoms with Gasteiger partial charge in [-0.05, 0) is 20.8 Å². The van der Waals surface area contributed by atoms with Crippen molar-refractivity contribution >= 4 is 29.8 Å². The maximum Gasteiger partial charge on any atom is 0.408 e. The third kappa shape index (κ3) is 4.03. The molecule has 0 aromatic rings. The number of hydrogen-bond donors (Lipinski definition) is 2. The van der Waals surface area contributed by atoms with Crippen LogP contribution in [0.4, 0.5) is 4.79 Å². The summed E-state index contributed by atoms with van der Waals surface area (Å²) < 4.78 is 9.78. The molecule has 1 amide bonds. The first-order chi connectivity index (χ1) is 9.09. The van der Waals surface area contributed by atoms with Crippen LogP contribution >= 0.6 is 11.8 Å². The number of carboxylic acids is 1. The summed E-state index contributed by atoms with van der Waals surface area (Å²) in [4.78, 5) is 34.7. The van der Waals surface area contributed by atoms with Gasteiger partial charge in [0.25, 0.3) is 0 Å². The minimum atomic E-state index is -1.36. The van der Waals surface area contributed by atoms with Crippen LogP contribution in [0.5, 0.6) is 0 Å². The number of alkyl carbamates (subject to hydrolysis) is 1. The van der Waals surface area contributed by atoms with E-state index < -0.39 is 34.4 Å². The van der Waals surface area contributed by atoms with Crippen molar-refractivity contribution in [3.05, 3.63) is 0 Å². The molecule has 2 N–H and O–H groups in total. The molecule has 0 aromatic carbocycles. The summed E-state index contributed by atoms with van der Waals surface area (Å²) in [6.07, 6.45) is -0.798. The third-order valence-electron chi connectivity index (χ3n) is 2.66. The molecule has 1 aliphatic rings. The van der Waals surface area contributed by atoms with E-state index in [9.17, 15) is 14.4 Å². The van der Waals surface area contributed by atoms with Gasteiger partial charge in [-0.2, -0.15) is 0 Å². The molecular weight excluding hydrogens is 286 g/mol. The van der Waals surface area contributed by atoms with Crippen LogP contribution in [0.2, 0.25) is 0 Å². The molecule has 1 rings (SSSR count). The molecule has 1 aliphatic heterocycles. The zero-order chi connectivity index (χ0) is 15.6. The maximum atomic E-state index is 11.9. The Morgan fingerprint density at radius 3 is 2.35 bits per heavy atom. The summed E-state index contributed by atoms with van der Waals surface area (Å²) in [5, 5.41) is 10.7. The number of methoxy groups -OCH3 is 1. The van der Waals surface area contributed by atoms with Gasteiger partial charge in [-0.15, -0.1) is 11.8 Å². The van der Waals surface area contributed by atoms with Gasteiger partial charge in [0.15, 0.2) is 5.54 Å². The Morgan fingerprint density at radius 1 is 1.35 bits per heavy atom. The summed E-state index contributed by atoms with van der Waals surface area (Å²) >= 11 is 1.09. The fraction of sp³-hybridized carbons (Fsp3) is 0.750. The molecule has 0 bridgehead atoms. The number of carboxylic acid groups (broad SMARTS) is 1. The number of thioether (sulfide) groups is 1. The van der Waals surface area contributed by atoms with Crippen molar-refractivity contribution in [1.82, 2.24) is 5.32 Å². The lowest BCUT2D eigenvalue weighted by molar-refractivity contribution is -0.148. The number of rotatable bonds is 3. The number of amides is 1. The summed E-state index contributed by atoms with van der Waals surface area (Å²) in [5.74, 6) is -1.55. The second-order valence-electron chi connectivity index (χ2n) is 5.54. The fourth-order valence-corrected chi connectivity index (χ4v) is 3.15. The highest BCUT2D eigenvalue weighted by Crippen LogP contribution is 2.36. The summed E-state index contributed by atoms with van der Waals surface area (Å²) in [6, 6.07) is 0. The van der Waals surface area contributed by atoms with Crippen molar-refractivity contribution in [2.24, 2.45) is 0 Å². The van der Waals surface area contributed by atoms with Gasteiger partial charge in [0.1, 0.15) is 10.9 Å². The highest BCUT2D eigenvalue weighted by molar-refractivity contribution is 8.01. The quantitative estimate of drug-likeness (QED) is 0.750. The largest absolute Gasteiger partial charge is 0.480 e. The predicted molar refractivity (Wildman–Crippen MR) is 72.6 cm³/mol. The van der Waals surface area contributed by atoms with Gasteiger partial charge in [-0.3, -0.25) is 4.79 Å². The molecule has 0 aromatic heterocycles. The van der Waals surface area contributed by atoms with E-state index in [0.29, 0.717) is 0 Å². The van der Waals surface area contributed by atoms with E-state index in [-0.39, 0.29) is 12.2 Å². The number of esters is 1. The van der Waals surface area contributed by atoms with Crippen molar-refractivity contribution in [1.29, 1.82) is 0 Å². The average Bonchev–Trinajstić information content (AvgIpc) is 2.70. The molecule has 8 heteroatoms. The van der Waals surface area contributed by atoms with E-state index in [1.54, 1.807) is 20.8 Å². The predicted octanol–water partition coefficient (Wildman–Crippen LogP) is 1.01. The lowest BCUT2D eigenvalue weighted by atomic mass is 9.96. The first-order valence-electron chi connectivity index (χ1n) is 6.04. The molecule has 1 heterocycles. The molecule has 2 atom stereocenters. The van der Waals surface area contributed by atoms with Gasteiger partial charge in [-0.1, -0.05) is 0 Å². The number of carbonyl (C=O) groups excluding carboxylic acids is 2. The highest BCUT2D eigenvalue weighted by atomic mass is 32.2. The van der Waals surface area contributed by atoms with E-state index >= 15 is 0 Å². The molecule has 0 radical (unpaired) electrons. The Labute approximate surface area is 121 Å². The molecule has 7 nitrogen and oxygen atoms in total. The number of nitrogens with one attached hydrogen (secondary N) is 1. The van der Waals surface area contributed by atoms with Crippen molar-refractivity contribution in [3.8, 4) is 0 Å². The smallest absolute Gasteiger partial charge is 0.408 e. The molecule has 20 heavy (non-hydrogen) atoms. The van der Waals surface area contributed by atoms with Gasteiger partial charge in [0.05, 0.1) is 7.11 Å². The highest BCUT2D eigenvalue weighted by Gasteiger charge is 2.51. The van der Waals surface area contributed by atoms with E-state index in [2.05, 4.69) is 10.1 Å². The maximum absolute atomic E-state index is 11.9. The molecule has 0 spiro atoms. The first kappa shape index (κ1) is 16.6. The van der Waals surface area contributed by atoms with Crippen LogP contribution in [0.3, 0.4) is 0 Å². The van der Waals surface area contributed by atoms with Crippen molar-refractivity contribution < 1.29 is 29.0 Å². The lowest BCUT2D eigenvalue weighted by Crippen LogP contribution is -2.56. The number of carbonyl (C=O) groups is 3. The van der Waals surface area contributed by atoms with Crippen LogP contribution in [0, 0.1) is 0 Å². The molecule has 1 fully saturated rings. The third-order valence-corrected chi connectivity index (χ3v) is 4.09. The van der Waals surface area contributed by atoms with E-state index in [1.807, 2.05) is 0 Å². The number of hydrogen-bond acceptors (Lipinski definition) is 6. The summed E-state index contributed by atoms with van der Waals surface area (Å²) in [7, 11) is 1.19. The Balaban J connectivity index is 2.84. The van der Waals surface area contributed by atoms with E-state index in [1.165, 1.54) is 7.11 Å². The second kappa shape index (κ2) is 5.90. The van der Waals surface area contributed by atoms with Crippen LogP contribution < -0.4 is 5.32 Å². The van der Waals surface area contributed by atoms with Crippen LogP contribution in [-0.4, -0.2) is 52.4 Å². The van der Waals surface area contributed by atoms with Gasteiger partial charge in [0, 0.05) is 12.2 Å². The molecule has 2 unspecified atom stereocenters. The molecule has 0 saturated carbocycles. The van der Waals surface area contributed by atoms with Crippen molar-refractivity contribution in [2.45, 2.75) is 43.6 Å². The Morgan fingerprint density at radius 2 is 1.95 bits per heavy atom. The second-order valence-corrected chi connectivity index (χ2v) is 6.73. The molecular formula is C12H19NO6S. The summed E-state index contributed by atoms with van der Waals surface area (Å²) in [6.45, 7) is 5.09. The standard InChI is InChI=1S/C12H19NO6S/c1-11(2,3)19-10(17)13-12(9(16)18-4)5-7(8(14)15)20-6-12/h7H,5-6H2,1-4H3,(H,13,17)(H,14,15). The monoisotopic (exact) mass is 305 g/mol. The molecule has 1 saturated heterocycles. The minimum absolute atomic E-state index is 0.0289. The lowest BCUT2D eigenvalue weighted by Gasteiger charge is -2.28. The Bertz CT molecular complexity index is 419. The SMILES string of the molecule is COC(=O)C1(NC(=O)OC(C)(C)C)CSC(C(=O)O)C1. The van der Waals surface area contributed by atoms with Crippen molar-refractivity contribution in [3.63, 3.8) is 0 Å². The number of aliphatic carboxylic acids is 1. The first-order valence-corrected chi connectivity index (χ1v) is 7.08. The summed E-state index contributed by atoms with van der Waals surface area (Å²) in [5.41, 5.74) is -2.07. The molecule has 0 aliphatic carbocycles. The normalized spacial score (nSPS) is 25.9. The van der Waals surface area contributed by atoms with Crippen LogP contribution in [-0.2, 0) is 19.1 Å². The zero-order valence-corrected chi connectivity index (χ0v) is 12.7. The van der Waals surface area contributed by atoms with Crippen LogP contribution in [0.1, 0.15) is 27.2 Å². The number of ether oxygens (including phenoxy) is 2. The Hall–Kier alpha value is -1.44. The van der Waals surface area contributed by atoms with E-state index in [4.69, 9.17) is 9.84 Å². The van der Waals surface area contributed by atoms with Gasteiger partial charge >= 0.3 is 18.0 Å². The minimum Gasteiger partial charge on any atom is -0.480 e. The fourth-order valence-electron chi connectivity index (χ4n) is 1.81. The average molecular weight is 305 g/mol. The van der Waals surface area contributed by atoms with Gasteiger partial charge in [0.2, 0.25) is 0 Å². The molecule has 114 valence electrons. The Kier molecular flexibility index (Phi) is 4.90. The van der Waals surface area contributed by atoms with Crippen LogP contribution in [0.25, 0.3) is 0 Å². The van der Waals surface area contributed by atoms with Crippen molar-refractivity contribution in [2.75, 3.05) is 12.9 Å². The van der Waals surface area contributed by atoms with E-state index in [0.717, 1.165) is 11.8 Å². The van der Waals surface area contributed by atoms with Gasteiger partial charge in [-0.25, -0.2) is 9.59 Å². The van der Waals surface area contributed by atoms with Gasteiger partial charge < -0.3 is 19.9 Å². The zero-order valence-electron chi connectivity index (χ0n) is 11.9. The topological polar surface area (TPSA) is 102 Å². The van der Waals surface area contributed by atoms with Crippen LogP contribution in [0.15, 0.2) is 0 Å².